The summed E-state index contributed by atoms with van der Waals surface area (Å²) in [6.07, 6.45) is 0. The lowest BCUT2D eigenvalue weighted by molar-refractivity contribution is 0.108. The largest absolute Gasteiger partial charge is 0.307 e. The first-order valence-corrected chi connectivity index (χ1v) is 3.45. The highest BCUT2D eigenvalue weighted by Gasteiger charge is 2.00. The van der Waals surface area contributed by atoms with Crippen LogP contribution in [-0.4, -0.2) is 13.5 Å². The second-order valence-corrected chi connectivity index (χ2v) is 3.18. The third-order valence-electron chi connectivity index (χ3n) is 0.816. The first-order valence-electron chi connectivity index (χ1n) is 2.25. The summed E-state index contributed by atoms with van der Waals surface area (Å²) in [7, 11) is 4.94. The Balaban J connectivity index is 2.98. The maximum Gasteiger partial charge on any atom is 0.176 e. The van der Waals surface area contributed by atoms with Gasteiger partial charge >= 0.3 is 0 Å². The molecule has 0 spiro atoms. The molecule has 9 heavy (non-hydrogen) atoms. The summed E-state index contributed by atoms with van der Waals surface area (Å²) < 4.78 is 0.587. The average molecular weight is 156 g/mol. The minimum absolute atomic E-state index is 0.424. The summed E-state index contributed by atoms with van der Waals surface area (Å²) >= 11 is 6.70. The number of carbonyl (C=O) groups excluding carboxylic acids is 1. The van der Waals surface area contributed by atoms with E-state index >= 15 is 0 Å². The second kappa shape index (κ2) is 2.54. The third-order valence-corrected chi connectivity index (χ3v) is 2.06. The van der Waals surface area contributed by atoms with Crippen molar-refractivity contribution < 1.29 is 4.79 Å². The molecule has 0 unspecified atom stereocenters. The van der Waals surface area contributed by atoms with Gasteiger partial charge in [-0.3, -0.25) is 0 Å². The van der Waals surface area contributed by atoms with Gasteiger partial charge < -0.3 is 4.79 Å². The Morgan fingerprint density at radius 3 is 2.56 bits per heavy atom. The summed E-state index contributed by atoms with van der Waals surface area (Å²) in [4.78, 5) is 10.9. The molecule has 1 rings (SSSR count). The van der Waals surface area contributed by atoms with E-state index in [2.05, 4.69) is 0 Å². The minimum atomic E-state index is -0.424. The maximum atomic E-state index is 10.4. The van der Waals surface area contributed by atoms with Gasteiger partial charge in [0.15, 0.2) is 7.85 Å². The molecule has 0 fully saturated rings. The number of rotatable bonds is 1. The lowest BCUT2D eigenvalue weighted by Gasteiger charge is -1.81. The van der Waals surface area contributed by atoms with Crippen LogP contribution in [0.5, 0.6) is 0 Å². The van der Waals surface area contributed by atoms with Crippen molar-refractivity contribution >= 4 is 36.5 Å². The van der Waals surface area contributed by atoms with Crippen LogP contribution in [0.25, 0.3) is 0 Å². The van der Waals surface area contributed by atoms with E-state index in [9.17, 15) is 4.79 Å². The first kappa shape index (κ1) is 6.84. The van der Waals surface area contributed by atoms with Gasteiger partial charge in [-0.05, 0) is 12.1 Å². The first-order chi connectivity index (χ1) is 4.20. The Morgan fingerprint density at radius 1 is 1.67 bits per heavy atom. The number of thiophene rings is 1. The molecule has 0 atom stereocenters. The zero-order valence-electron chi connectivity index (χ0n) is 4.43. The van der Waals surface area contributed by atoms with Gasteiger partial charge in [0.2, 0.25) is 0 Å². The molecule has 0 aliphatic rings. The molecular formula is C5H2BClOS. The Labute approximate surface area is 63.1 Å². The smallest absolute Gasteiger partial charge is 0.176 e. The fourth-order valence-electron chi connectivity index (χ4n) is 0.447. The molecule has 44 valence electrons. The van der Waals surface area contributed by atoms with Crippen LogP contribution < -0.4 is 0 Å². The monoisotopic (exact) mass is 156 g/mol. The maximum absolute atomic E-state index is 10.4. The molecular weight excluding hydrogens is 154 g/mol. The molecule has 1 aromatic heterocycles. The Kier molecular flexibility index (Phi) is 1.93. The van der Waals surface area contributed by atoms with Gasteiger partial charge in [-0.2, -0.15) is 0 Å². The molecule has 0 aromatic carbocycles. The van der Waals surface area contributed by atoms with Crippen molar-refractivity contribution in [2.45, 2.75) is 0 Å². The normalized spacial score (nSPS) is 9.44. The Morgan fingerprint density at radius 2 is 2.33 bits per heavy atom. The molecule has 1 heterocycles. The summed E-state index contributed by atoms with van der Waals surface area (Å²) in [5.74, 6) is 0. The molecule has 0 aliphatic carbocycles. The van der Waals surface area contributed by atoms with E-state index in [4.69, 9.17) is 19.4 Å². The summed E-state index contributed by atoms with van der Waals surface area (Å²) in [6, 6.07) is 3.25. The summed E-state index contributed by atoms with van der Waals surface area (Å²) in [6.45, 7) is 0. The van der Waals surface area contributed by atoms with E-state index in [1.807, 2.05) is 0 Å². The molecule has 0 bridgehead atoms. The number of carbonyl (C=O) groups is 1. The fraction of sp³-hybridized carbons (Fsp3) is 0. The van der Waals surface area contributed by atoms with Crippen molar-refractivity contribution in [3.8, 4) is 0 Å². The van der Waals surface area contributed by atoms with Crippen LogP contribution in [0.3, 0.4) is 0 Å². The fourth-order valence-corrected chi connectivity index (χ4v) is 1.34. The van der Waals surface area contributed by atoms with Crippen LogP contribution >= 0.6 is 22.9 Å². The molecule has 2 radical (unpaired) electrons. The molecule has 0 amide bonds. The second-order valence-electron chi connectivity index (χ2n) is 1.47. The van der Waals surface area contributed by atoms with E-state index in [1.54, 1.807) is 12.1 Å². The predicted octanol–water partition coefficient (Wildman–Crippen LogP) is 1.71. The van der Waals surface area contributed by atoms with Crippen molar-refractivity contribution in [2.75, 3.05) is 0 Å². The molecule has 0 saturated carbocycles. The molecule has 1 nitrogen and oxygen atoms in total. The van der Waals surface area contributed by atoms with Gasteiger partial charge in [0.05, 0.1) is 9.21 Å². The van der Waals surface area contributed by atoms with E-state index in [0.717, 1.165) is 0 Å². The van der Waals surface area contributed by atoms with Gasteiger partial charge in [-0.15, -0.1) is 11.3 Å². The molecule has 0 N–H and O–H groups in total. The van der Waals surface area contributed by atoms with Crippen molar-refractivity contribution in [2.24, 2.45) is 0 Å². The van der Waals surface area contributed by atoms with Gasteiger partial charge in [0.25, 0.3) is 0 Å². The molecule has 0 saturated heterocycles. The number of halogens is 1. The van der Waals surface area contributed by atoms with Crippen LogP contribution in [0.2, 0.25) is 4.34 Å². The minimum Gasteiger partial charge on any atom is -0.307 e. The van der Waals surface area contributed by atoms with Crippen LogP contribution in [0.4, 0.5) is 0 Å². The van der Waals surface area contributed by atoms with Crippen molar-refractivity contribution in [3.63, 3.8) is 0 Å². The van der Waals surface area contributed by atoms with E-state index in [0.29, 0.717) is 9.21 Å². The predicted molar refractivity (Wildman–Crippen MR) is 39.4 cm³/mol. The highest BCUT2D eigenvalue weighted by atomic mass is 35.5. The van der Waals surface area contributed by atoms with Gasteiger partial charge in [0.1, 0.15) is 5.68 Å². The van der Waals surface area contributed by atoms with E-state index in [-0.39, 0.29) is 0 Å². The van der Waals surface area contributed by atoms with Crippen LogP contribution in [0.15, 0.2) is 12.1 Å². The van der Waals surface area contributed by atoms with E-state index < -0.39 is 5.68 Å². The summed E-state index contributed by atoms with van der Waals surface area (Å²) in [5, 5.41) is 0. The zero-order chi connectivity index (χ0) is 6.85. The van der Waals surface area contributed by atoms with Gasteiger partial charge in [0, 0.05) is 0 Å². The van der Waals surface area contributed by atoms with Gasteiger partial charge in [-0.1, -0.05) is 11.6 Å². The van der Waals surface area contributed by atoms with Crippen molar-refractivity contribution in [1.82, 2.24) is 0 Å². The highest BCUT2D eigenvalue weighted by Crippen LogP contribution is 2.20. The Bertz CT molecular complexity index is 233. The zero-order valence-corrected chi connectivity index (χ0v) is 6.00. The van der Waals surface area contributed by atoms with Crippen LogP contribution in [0.1, 0.15) is 9.67 Å². The molecule has 4 heteroatoms. The quantitative estimate of drug-likeness (QED) is 0.566. The van der Waals surface area contributed by atoms with E-state index in [1.165, 1.54) is 11.3 Å². The Hall–Kier alpha value is -0.275. The standard InChI is InChI=1S/C5H2BClOS/c6-5(8)3-1-2-4(7)9-3/h1-2H. The highest BCUT2D eigenvalue weighted by molar-refractivity contribution is 7.19. The average Bonchev–Trinajstić information content (AvgIpc) is 2.14. The topological polar surface area (TPSA) is 17.1 Å². The van der Waals surface area contributed by atoms with Crippen molar-refractivity contribution in [1.29, 1.82) is 0 Å². The van der Waals surface area contributed by atoms with Crippen LogP contribution in [0, 0.1) is 0 Å². The summed E-state index contributed by atoms with van der Waals surface area (Å²) in [5.41, 5.74) is -0.424. The number of hydrogen-bond acceptors (Lipinski definition) is 2. The molecule has 1 aromatic rings. The third kappa shape index (κ3) is 1.56. The SMILES string of the molecule is [B]C(=O)c1ccc(Cl)s1. The molecule has 0 aliphatic heterocycles. The lowest BCUT2D eigenvalue weighted by atomic mass is 10.0. The lowest BCUT2D eigenvalue weighted by Crippen LogP contribution is -1.90. The van der Waals surface area contributed by atoms with Crippen LogP contribution in [-0.2, 0) is 0 Å². The number of hydrogen-bond donors (Lipinski definition) is 0. The van der Waals surface area contributed by atoms with Crippen molar-refractivity contribution in [3.05, 3.63) is 21.3 Å². The van der Waals surface area contributed by atoms with Gasteiger partial charge in [-0.25, -0.2) is 0 Å².